The van der Waals surface area contributed by atoms with Crippen molar-refractivity contribution in [3.05, 3.63) is 37.7 Å². The Balaban J connectivity index is 1.64. The van der Waals surface area contributed by atoms with Crippen LogP contribution >= 0.6 is 22.7 Å². The molecule has 0 atom stereocenters. The molecule has 0 aliphatic carbocycles. The van der Waals surface area contributed by atoms with Crippen LogP contribution in [0, 0.1) is 13.8 Å². The number of hydrazone groups is 1. The predicted octanol–water partition coefficient (Wildman–Crippen LogP) is 2.60. The SMILES string of the molecule is CCN(CC)c1ncc(/C=N\NC(=O)Cc2nc3sc(C)c(C)c3c(=O)[nH]2)s1. The van der Waals surface area contributed by atoms with Crippen LogP contribution in [0.5, 0.6) is 0 Å². The second-order valence-electron chi connectivity index (χ2n) is 6.16. The fourth-order valence-corrected chi connectivity index (χ4v) is 4.68. The highest BCUT2D eigenvalue weighted by Gasteiger charge is 2.13. The van der Waals surface area contributed by atoms with Crippen LogP contribution < -0.4 is 15.9 Å². The number of amides is 1. The van der Waals surface area contributed by atoms with Gasteiger partial charge in [-0.3, -0.25) is 9.59 Å². The van der Waals surface area contributed by atoms with Crippen molar-refractivity contribution < 1.29 is 4.79 Å². The molecule has 3 rings (SSSR count). The third kappa shape index (κ3) is 4.28. The quantitative estimate of drug-likeness (QED) is 0.453. The lowest BCUT2D eigenvalue weighted by Gasteiger charge is -2.16. The van der Waals surface area contributed by atoms with Crippen LogP contribution in [0.4, 0.5) is 5.13 Å². The van der Waals surface area contributed by atoms with Gasteiger partial charge in [0.25, 0.3) is 5.56 Å². The standard InChI is InChI=1S/C18H22N6O2S2/c1-5-24(6-2)18-19-8-12(28-18)9-20-23-14(25)7-13-21-16(26)15-10(3)11(4)27-17(15)22-13/h8-9H,5-7H2,1-4H3,(H,23,25)(H,21,22,26)/b20-9-. The van der Waals surface area contributed by atoms with Crippen LogP contribution in [0.3, 0.4) is 0 Å². The number of nitrogens with zero attached hydrogens (tertiary/aromatic N) is 4. The van der Waals surface area contributed by atoms with Gasteiger partial charge in [0.15, 0.2) is 5.13 Å². The Morgan fingerprint density at radius 3 is 2.79 bits per heavy atom. The van der Waals surface area contributed by atoms with E-state index in [9.17, 15) is 9.59 Å². The summed E-state index contributed by atoms with van der Waals surface area (Å²) < 4.78 is 0. The average Bonchev–Trinajstić information content (AvgIpc) is 3.21. The smallest absolute Gasteiger partial charge is 0.259 e. The largest absolute Gasteiger partial charge is 0.349 e. The van der Waals surface area contributed by atoms with Crippen LogP contribution in [0.1, 0.15) is 35.0 Å². The van der Waals surface area contributed by atoms with Crippen LogP contribution in [-0.2, 0) is 11.2 Å². The number of thiazole rings is 1. The molecule has 148 valence electrons. The molecular formula is C18H22N6O2S2. The molecule has 0 bridgehead atoms. The van der Waals surface area contributed by atoms with Gasteiger partial charge in [-0.05, 0) is 33.3 Å². The van der Waals surface area contributed by atoms with E-state index in [1.165, 1.54) is 22.7 Å². The molecule has 1 amide bonds. The van der Waals surface area contributed by atoms with E-state index in [1.54, 1.807) is 12.4 Å². The Labute approximate surface area is 170 Å². The van der Waals surface area contributed by atoms with E-state index in [0.29, 0.717) is 16.0 Å². The molecule has 28 heavy (non-hydrogen) atoms. The van der Waals surface area contributed by atoms with E-state index >= 15 is 0 Å². The first-order valence-electron chi connectivity index (χ1n) is 8.94. The van der Waals surface area contributed by atoms with E-state index in [2.05, 4.69) is 44.2 Å². The van der Waals surface area contributed by atoms with E-state index in [1.807, 2.05) is 13.8 Å². The number of anilines is 1. The number of nitrogens with one attached hydrogen (secondary N) is 2. The fourth-order valence-electron chi connectivity index (χ4n) is 2.72. The summed E-state index contributed by atoms with van der Waals surface area (Å²) in [7, 11) is 0. The number of thiophene rings is 1. The monoisotopic (exact) mass is 418 g/mol. The molecule has 0 saturated carbocycles. The second kappa shape index (κ2) is 8.61. The van der Waals surface area contributed by atoms with E-state index in [-0.39, 0.29) is 17.9 Å². The Hall–Kier alpha value is -2.59. The van der Waals surface area contributed by atoms with Gasteiger partial charge in [-0.2, -0.15) is 5.10 Å². The van der Waals surface area contributed by atoms with E-state index in [0.717, 1.165) is 33.5 Å². The predicted molar refractivity (Wildman–Crippen MR) is 115 cm³/mol. The van der Waals surface area contributed by atoms with Crippen LogP contribution in [0.2, 0.25) is 0 Å². The van der Waals surface area contributed by atoms with Gasteiger partial charge in [0.1, 0.15) is 10.7 Å². The number of H-pyrrole nitrogens is 1. The van der Waals surface area contributed by atoms with E-state index in [4.69, 9.17) is 0 Å². The van der Waals surface area contributed by atoms with Gasteiger partial charge in [-0.25, -0.2) is 15.4 Å². The van der Waals surface area contributed by atoms with Gasteiger partial charge in [0, 0.05) is 24.2 Å². The molecule has 3 heterocycles. The second-order valence-corrected chi connectivity index (χ2v) is 8.41. The van der Waals surface area contributed by atoms with Crippen molar-refractivity contribution in [1.29, 1.82) is 0 Å². The minimum Gasteiger partial charge on any atom is -0.349 e. The molecule has 0 unspecified atom stereocenters. The maximum Gasteiger partial charge on any atom is 0.259 e. The summed E-state index contributed by atoms with van der Waals surface area (Å²) in [6, 6.07) is 0. The molecule has 0 radical (unpaired) electrons. The zero-order valence-electron chi connectivity index (χ0n) is 16.2. The third-order valence-electron chi connectivity index (χ3n) is 4.34. The number of rotatable bonds is 7. The third-order valence-corrected chi connectivity index (χ3v) is 6.44. The van der Waals surface area contributed by atoms with Crippen LogP contribution in [0.25, 0.3) is 10.2 Å². The van der Waals surface area contributed by atoms with Crippen molar-refractivity contribution in [3.8, 4) is 0 Å². The van der Waals surface area contributed by atoms with Gasteiger partial charge in [-0.15, -0.1) is 11.3 Å². The number of hydrogen-bond acceptors (Lipinski definition) is 8. The fraction of sp³-hybridized carbons (Fsp3) is 0.389. The zero-order chi connectivity index (χ0) is 20.3. The first kappa shape index (κ1) is 20.2. The number of hydrogen-bond donors (Lipinski definition) is 2. The van der Waals surface area contributed by atoms with Gasteiger partial charge in [-0.1, -0.05) is 11.3 Å². The minimum atomic E-state index is -0.350. The van der Waals surface area contributed by atoms with Crippen LogP contribution in [0.15, 0.2) is 16.1 Å². The van der Waals surface area contributed by atoms with Crippen LogP contribution in [-0.4, -0.2) is 40.2 Å². The summed E-state index contributed by atoms with van der Waals surface area (Å²) in [6.45, 7) is 9.78. The molecule has 0 aliphatic rings. The zero-order valence-corrected chi connectivity index (χ0v) is 17.8. The van der Waals surface area contributed by atoms with Crippen molar-refractivity contribution in [3.63, 3.8) is 0 Å². The highest BCUT2D eigenvalue weighted by atomic mass is 32.1. The lowest BCUT2D eigenvalue weighted by Crippen LogP contribution is -2.23. The molecule has 0 aliphatic heterocycles. The average molecular weight is 419 g/mol. The number of carbonyl (C=O) groups is 1. The van der Waals surface area contributed by atoms with Crippen molar-refractivity contribution in [1.82, 2.24) is 20.4 Å². The lowest BCUT2D eigenvalue weighted by atomic mass is 10.2. The molecule has 0 spiro atoms. The summed E-state index contributed by atoms with van der Waals surface area (Å²) in [4.78, 5) is 40.5. The first-order chi connectivity index (χ1) is 13.4. The molecule has 0 aromatic carbocycles. The topological polar surface area (TPSA) is 103 Å². The Morgan fingerprint density at radius 2 is 2.07 bits per heavy atom. The van der Waals surface area contributed by atoms with Gasteiger partial charge >= 0.3 is 0 Å². The molecule has 0 saturated heterocycles. The Bertz CT molecular complexity index is 1080. The lowest BCUT2D eigenvalue weighted by molar-refractivity contribution is -0.120. The maximum absolute atomic E-state index is 12.3. The number of aryl methyl sites for hydroxylation is 2. The number of aromatic amines is 1. The molecular weight excluding hydrogens is 396 g/mol. The number of carbonyl (C=O) groups excluding carboxylic acids is 1. The van der Waals surface area contributed by atoms with Crippen molar-refractivity contribution in [2.45, 2.75) is 34.1 Å². The summed E-state index contributed by atoms with van der Waals surface area (Å²) >= 11 is 2.96. The highest BCUT2D eigenvalue weighted by molar-refractivity contribution is 7.18. The van der Waals surface area contributed by atoms with Gasteiger partial charge in [0.05, 0.1) is 22.9 Å². The van der Waals surface area contributed by atoms with E-state index < -0.39 is 0 Å². The molecule has 3 aromatic heterocycles. The summed E-state index contributed by atoms with van der Waals surface area (Å²) in [5, 5.41) is 5.50. The number of aromatic nitrogens is 3. The molecule has 8 nitrogen and oxygen atoms in total. The van der Waals surface area contributed by atoms with Gasteiger partial charge in [0.2, 0.25) is 5.91 Å². The maximum atomic E-state index is 12.3. The normalized spacial score (nSPS) is 11.4. The van der Waals surface area contributed by atoms with Gasteiger partial charge < -0.3 is 9.88 Å². The summed E-state index contributed by atoms with van der Waals surface area (Å²) in [6.07, 6.45) is 3.24. The minimum absolute atomic E-state index is 0.0497. The first-order valence-corrected chi connectivity index (χ1v) is 10.6. The Kier molecular flexibility index (Phi) is 6.20. The number of fused-ring (bicyclic) bond motifs is 1. The molecule has 10 heteroatoms. The molecule has 0 fully saturated rings. The Morgan fingerprint density at radius 1 is 1.32 bits per heavy atom. The molecule has 3 aromatic rings. The highest BCUT2D eigenvalue weighted by Crippen LogP contribution is 2.25. The van der Waals surface area contributed by atoms with Crippen molar-refractivity contribution in [2.75, 3.05) is 18.0 Å². The summed E-state index contributed by atoms with van der Waals surface area (Å²) in [5.41, 5.74) is 3.18. The van der Waals surface area contributed by atoms with Crippen molar-refractivity contribution in [2.24, 2.45) is 5.10 Å². The molecule has 2 N–H and O–H groups in total. The summed E-state index contributed by atoms with van der Waals surface area (Å²) in [5.74, 6) is -0.0229. The van der Waals surface area contributed by atoms with Crippen molar-refractivity contribution >= 4 is 50.1 Å².